The summed E-state index contributed by atoms with van der Waals surface area (Å²) in [5, 5.41) is 0.980. The smallest absolute Gasteiger partial charge is 0.305 e. The second-order valence-electron chi connectivity index (χ2n) is 4.23. The first kappa shape index (κ1) is 15.4. The van der Waals surface area contributed by atoms with Crippen molar-refractivity contribution >= 4 is 27.6 Å². The van der Waals surface area contributed by atoms with Gasteiger partial charge in [0.25, 0.3) is 0 Å². The van der Waals surface area contributed by atoms with E-state index in [4.69, 9.17) is 4.74 Å². The van der Waals surface area contributed by atoms with Gasteiger partial charge in [-0.3, -0.25) is 4.79 Å². The van der Waals surface area contributed by atoms with E-state index in [-0.39, 0.29) is 5.97 Å². The van der Waals surface area contributed by atoms with Crippen LogP contribution >= 0.6 is 21.6 Å². The second kappa shape index (κ2) is 9.28. The number of carbonyl (C=O) groups is 1. The van der Waals surface area contributed by atoms with Crippen LogP contribution in [-0.2, 0) is 9.53 Å². The van der Waals surface area contributed by atoms with E-state index in [1.54, 1.807) is 27.8 Å². The molecule has 0 amide bonds. The third-order valence-corrected chi connectivity index (χ3v) is 4.37. The molecule has 0 fully saturated rings. The van der Waals surface area contributed by atoms with Gasteiger partial charge >= 0.3 is 5.97 Å². The number of rotatable bonds is 8. The summed E-state index contributed by atoms with van der Waals surface area (Å²) >= 11 is 0. The van der Waals surface area contributed by atoms with Gasteiger partial charge in [-0.25, -0.2) is 4.98 Å². The molecule has 3 nitrogen and oxygen atoms in total. The summed E-state index contributed by atoms with van der Waals surface area (Å²) < 4.78 is 5.14. The molecule has 18 heavy (non-hydrogen) atoms. The molecule has 0 N–H and O–H groups in total. The average Bonchev–Trinajstić information content (AvgIpc) is 2.37. The summed E-state index contributed by atoms with van der Waals surface area (Å²) in [5.74, 6) is 1.24. The van der Waals surface area contributed by atoms with Crippen LogP contribution in [0, 0.1) is 5.92 Å². The summed E-state index contributed by atoms with van der Waals surface area (Å²) in [6.07, 6.45) is 3.19. The van der Waals surface area contributed by atoms with Gasteiger partial charge in [0, 0.05) is 18.4 Å². The highest BCUT2D eigenvalue weighted by Gasteiger charge is 2.04. The van der Waals surface area contributed by atoms with Crippen LogP contribution in [0.4, 0.5) is 0 Å². The normalized spacial score (nSPS) is 10.6. The Bertz CT molecular complexity index is 344. The van der Waals surface area contributed by atoms with Crippen LogP contribution in [0.1, 0.15) is 26.7 Å². The monoisotopic (exact) mass is 285 g/mol. The van der Waals surface area contributed by atoms with E-state index in [2.05, 4.69) is 18.8 Å². The Morgan fingerprint density at radius 1 is 1.44 bits per heavy atom. The number of nitrogens with zero attached hydrogens (tertiary/aromatic N) is 1. The zero-order valence-corrected chi connectivity index (χ0v) is 12.4. The lowest BCUT2D eigenvalue weighted by Gasteiger charge is -2.05. The summed E-state index contributed by atoms with van der Waals surface area (Å²) in [6, 6.07) is 5.82. The van der Waals surface area contributed by atoms with Gasteiger partial charge in [-0.1, -0.05) is 30.7 Å². The fourth-order valence-corrected chi connectivity index (χ4v) is 2.87. The Morgan fingerprint density at radius 3 is 2.94 bits per heavy atom. The highest BCUT2D eigenvalue weighted by Crippen LogP contribution is 2.28. The Labute approximate surface area is 116 Å². The van der Waals surface area contributed by atoms with Gasteiger partial charge in [-0.05, 0) is 35.3 Å². The molecular weight excluding hydrogens is 266 g/mol. The van der Waals surface area contributed by atoms with Crippen LogP contribution in [0.2, 0.25) is 0 Å². The molecule has 0 saturated heterocycles. The van der Waals surface area contributed by atoms with Crippen LogP contribution < -0.4 is 0 Å². The molecule has 0 bridgehead atoms. The van der Waals surface area contributed by atoms with Crippen molar-refractivity contribution in [2.24, 2.45) is 5.92 Å². The van der Waals surface area contributed by atoms with Crippen LogP contribution in [0.5, 0.6) is 0 Å². The molecule has 0 aliphatic carbocycles. The number of esters is 1. The number of carbonyl (C=O) groups excluding carboxylic acids is 1. The predicted molar refractivity (Wildman–Crippen MR) is 77.6 cm³/mol. The Morgan fingerprint density at radius 2 is 2.28 bits per heavy atom. The van der Waals surface area contributed by atoms with Gasteiger partial charge in [0.2, 0.25) is 0 Å². The topological polar surface area (TPSA) is 39.2 Å². The first-order valence-corrected chi connectivity index (χ1v) is 8.36. The zero-order valence-electron chi connectivity index (χ0n) is 10.8. The van der Waals surface area contributed by atoms with Crippen molar-refractivity contribution in [3.05, 3.63) is 24.4 Å². The van der Waals surface area contributed by atoms with E-state index in [9.17, 15) is 4.79 Å². The molecule has 100 valence electrons. The molecule has 0 atom stereocenters. The van der Waals surface area contributed by atoms with Gasteiger partial charge in [0.1, 0.15) is 11.6 Å². The summed E-state index contributed by atoms with van der Waals surface area (Å²) in [6.45, 7) is 4.68. The maximum Gasteiger partial charge on any atom is 0.305 e. The first-order valence-electron chi connectivity index (χ1n) is 6.04. The molecule has 1 heterocycles. The van der Waals surface area contributed by atoms with Crippen molar-refractivity contribution in [1.82, 2.24) is 4.98 Å². The van der Waals surface area contributed by atoms with Crippen LogP contribution in [-0.4, -0.2) is 23.3 Å². The molecule has 1 aromatic heterocycles. The molecule has 0 spiro atoms. The molecule has 5 heteroatoms. The van der Waals surface area contributed by atoms with Crippen LogP contribution in [0.3, 0.4) is 0 Å². The number of hydrogen-bond donors (Lipinski definition) is 0. The Balaban J connectivity index is 2.00. The Hall–Kier alpha value is -0.680. The fraction of sp³-hybridized carbons (Fsp3) is 0.538. The van der Waals surface area contributed by atoms with Crippen molar-refractivity contribution in [3.63, 3.8) is 0 Å². The van der Waals surface area contributed by atoms with E-state index < -0.39 is 0 Å². The van der Waals surface area contributed by atoms with Crippen molar-refractivity contribution in [3.8, 4) is 0 Å². The van der Waals surface area contributed by atoms with Crippen molar-refractivity contribution in [2.45, 2.75) is 31.7 Å². The molecule has 0 aliphatic rings. The minimum atomic E-state index is -0.0906. The highest BCUT2D eigenvalue weighted by atomic mass is 33.1. The molecule has 0 aromatic carbocycles. The molecule has 0 aliphatic heterocycles. The van der Waals surface area contributed by atoms with Crippen LogP contribution in [0.25, 0.3) is 0 Å². The lowest BCUT2D eigenvalue weighted by Crippen LogP contribution is -2.08. The minimum absolute atomic E-state index is 0.0906. The quantitative estimate of drug-likeness (QED) is 0.413. The largest absolute Gasteiger partial charge is 0.465 e. The summed E-state index contributed by atoms with van der Waals surface area (Å²) in [4.78, 5) is 15.5. The number of ether oxygens (including phenoxy) is 1. The third-order valence-electron chi connectivity index (χ3n) is 2.14. The predicted octanol–water partition coefficient (Wildman–Crippen LogP) is 3.80. The minimum Gasteiger partial charge on any atom is -0.465 e. The first-order chi connectivity index (χ1) is 8.68. The summed E-state index contributed by atoms with van der Waals surface area (Å²) in [5.41, 5.74) is 0. The lowest BCUT2D eigenvalue weighted by atomic mass is 10.1. The maximum absolute atomic E-state index is 11.3. The standard InChI is InChI=1S/C13H19NO2S2/c1-11(2)6-7-13(15)16-9-10-17-18-12-5-3-4-8-14-12/h3-5,8,11H,6-7,9-10H2,1-2H3. The van der Waals surface area contributed by atoms with Crippen molar-refractivity contribution in [2.75, 3.05) is 12.4 Å². The second-order valence-corrected chi connectivity index (χ2v) is 6.66. The van der Waals surface area contributed by atoms with Gasteiger partial charge in [-0.15, -0.1) is 0 Å². The average molecular weight is 285 g/mol. The van der Waals surface area contributed by atoms with E-state index in [1.165, 1.54) is 0 Å². The SMILES string of the molecule is CC(C)CCC(=O)OCCSSc1ccccn1. The third kappa shape index (κ3) is 7.61. The fourth-order valence-electron chi connectivity index (χ4n) is 1.17. The number of pyridine rings is 1. The number of hydrogen-bond acceptors (Lipinski definition) is 5. The van der Waals surface area contributed by atoms with Crippen molar-refractivity contribution < 1.29 is 9.53 Å². The summed E-state index contributed by atoms with van der Waals surface area (Å²) in [7, 11) is 3.25. The van der Waals surface area contributed by atoms with E-state index in [1.807, 2.05) is 18.2 Å². The van der Waals surface area contributed by atoms with E-state index in [0.29, 0.717) is 18.9 Å². The lowest BCUT2D eigenvalue weighted by molar-refractivity contribution is -0.143. The van der Waals surface area contributed by atoms with Crippen molar-refractivity contribution in [1.29, 1.82) is 0 Å². The van der Waals surface area contributed by atoms with Crippen LogP contribution in [0.15, 0.2) is 29.4 Å². The van der Waals surface area contributed by atoms with Gasteiger partial charge in [0.15, 0.2) is 0 Å². The maximum atomic E-state index is 11.3. The molecule has 0 unspecified atom stereocenters. The van der Waals surface area contributed by atoms with Gasteiger partial charge in [-0.2, -0.15) is 0 Å². The van der Waals surface area contributed by atoms with E-state index >= 15 is 0 Å². The molecule has 0 saturated carbocycles. The highest BCUT2D eigenvalue weighted by molar-refractivity contribution is 8.76. The van der Waals surface area contributed by atoms with Gasteiger partial charge in [0.05, 0.1) is 0 Å². The molecular formula is C13H19NO2S2. The number of aromatic nitrogens is 1. The zero-order chi connectivity index (χ0) is 13.2. The molecule has 1 rings (SSSR count). The Kier molecular flexibility index (Phi) is 7.93. The van der Waals surface area contributed by atoms with E-state index in [0.717, 1.165) is 17.2 Å². The van der Waals surface area contributed by atoms with Gasteiger partial charge < -0.3 is 4.74 Å². The molecule has 0 radical (unpaired) electrons. The molecule has 1 aromatic rings.